The van der Waals surface area contributed by atoms with Gasteiger partial charge < -0.3 is 27.5 Å². The largest absolute Gasteiger partial charge is 1.00 e. The minimum atomic E-state index is -0.879. The van der Waals surface area contributed by atoms with Gasteiger partial charge in [0.15, 0.2) is 0 Å². The van der Waals surface area contributed by atoms with Crippen molar-refractivity contribution >= 4 is 11.9 Å². The van der Waals surface area contributed by atoms with E-state index in [-0.39, 0.29) is 40.8 Å². The lowest BCUT2D eigenvalue weighted by atomic mass is 9.64. The third-order valence-electron chi connectivity index (χ3n) is 8.18. The quantitative estimate of drug-likeness (QED) is 0.252. The molecule has 0 saturated heterocycles. The number of ether oxygens (including phenoxy) is 1. The first-order valence-corrected chi connectivity index (χ1v) is 13.1. The fraction of sp³-hybridized carbons (Fsp3) is 0.281. The second-order valence-electron chi connectivity index (χ2n) is 10.1. The molecule has 5 rings (SSSR count). The lowest BCUT2D eigenvalue weighted by Gasteiger charge is -2.37. The second-order valence-corrected chi connectivity index (χ2v) is 10.1. The summed E-state index contributed by atoms with van der Waals surface area (Å²) >= 11 is 0. The second kappa shape index (κ2) is 12.0. The molecule has 7 heteroatoms. The van der Waals surface area contributed by atoms with Gasteiger partial charge in [-0.15, -0.1) is 0 Å². The molecule has 2 N–H and O–H groups in total. The molecule has 1 fully saturated rings. The fourth-order valence-corrected chi connectivity index (χ4v) is 6.26. The highest BCUT2D eigenvalue weighted by Crippen LogP contribution is 2.49. The number of aromatic nitrogens is 2. The molecule has 1 saturated carbocycles. The molecule has 0 spiro atoms. The van der Waals surface area contributed by atoms with Gasteiger partial charge in [0.25, 0.3) is 5.82 Å². The van der Waals surface area contributed by atoms with Gasteiger partial charge in [-0.25, -0.2) is 13.9 Å². The Hall–Kier alpha value is -3.71. The van der Waals surface area contributed by atoms with E-state index in [1.807, 2.05) is 72.8 Å². The van der Waals surface area contributed by atoms with Crippen LogP contribution in [0.5, 0.6) is 0 Å². The van der Waals surface area contributed by atoms with Crippen LogP contribution in [-0.4, -0.2) is 23.6 Å². The van der Waals surface area contributed by atoms with Crippen molar-refractivity contribution in [2.45, 2.75) is 44.2 Å². The van der Waals surface area contributed by atoms with Crippen molar-refractivity contribution in [2.24, 2.45) is 11.7 Å². The van der Waals surface area contributed by atoms with Crippen molar-refractivity contribution in [3.8, 4) is 0 Å². The molecule has 1 amide bonds. The summed E-state index contributed by atoms with van der Waals surface area (Å²) in [5.41, 5.74) is 8.96. The molecule has 4 aromatic rings. The van der Waals surface area contributed by atoms with Crippen LogP contribution in [0.1, 0.15) is 58.2 Å². The van der Waals surface area contributed by atoms with Crippen LogP contribution in [0, 0.1) is 12.8 Å². The summed E-state index contributed by atoms with van der Waals surface area (Å²) in [7, 11) is 1.39. The number of imidazole rings is 1. The SMILES string of the molecule is COC(=O)c1ccc(C[n+]2ccn([C@@H]3CC[C@H](C(C(N)=O)(c4ccccc4)c4ccccc4)C3)c2C)cc1.[Br-]. The molecule has 202 valence electrons. The van der Waals surface area contributed by atoms with Crippen LogP contribution in [0.15, 0.2) is 97.3 Å². The monoisotopic (exact) mass is 587 g/mol. The molecule has 1 aliphatic carbocycles. The maximum absolute atomic E-state index is 13.4. The van der Waals surface area contributed by atoms with Crippen LogP contribution in [0.2, 0.25) is 0 Å². The number of hydrogen-bond acceptors (Lipinski definition) is 3. The van der Waals surface area contributed by atoms with E-state index in [0.29, 0.717) is 12.1 Å². The number of carbonyl (C=O) groups excluding carboxylic acids is 2. The highest BCUT2D eigenvalue weighted by molar-refractivity contribution is 5.91. The summed E-state index contributed by atoms with van der Waals surface area (Å²) in [5, 5.41) is 0. The maximum atomic E-state index is 13.4. The summed E-state index contributed by atoms with van der Waals surface area (Å²) in [4.78, 5) is 25.1. The lowest BCUT2D eigenvalue weighted by Crippen LogP contribution is -3.00. The van der Waals surface area contributed by atoms with Gasteiger partial charge in [0.1, 0.15) is 30.4 Å². The Morgan fingerprint density at radius 1 is 0.949 bits per heavy atom. The fourth-order valence-electron chi connectivity index (χ4n) is 6.26. The number of hydrogen-bond donors (Lipinski definition) is 1. The van der Waals surface area contributed by atoms with E-state index in [1.54, 1.807) is 12.1 Å². The van der Waals surface area contributed by atoms with E-state index in [1.165, 1.54) is 7.11 Å². The number of esters is 1. The third-order valence-corrected chi connectivity index (χ3v) is 8.18. The molecule has 2 atom stereocenters. The minimum absolute atomic E-state index is 0. The van der Waals surface area contributed by atoms with Crippen LogP contribution in [0.4, 0.5) is 0 Å². The molecule has 1 heterocycles. The molecular formula is C32H34BrN3O3. The number of methoxy groups -OCH3 is 1. The van der Waals surface area contributed by atoms with Gasteiger partial charge in [0.2, 0.25) is 5.91 Å². The Morgan fingerprint density at radius 3 is 2.08 bits per heavy atom. The normalized spacial score (nSPS) is 16.9. The predicted molar refractivity (Wildman–Crippen MR) is 145 cm³/mol. The number of primary amides is 1. The average molecular weight is 589 g/mol. The predicted octanol–water partition coefficient (Wildman–Crippen LogP) is 1.74. The van der Waals surface area contributed by atoms with Crippen molar-refractivity contribution in [2.75, 3.05) is 7.11 Å². The van der Waals surface area contributed by atoms with E-state index in [4.69, 9.17) is 10.5 Å². The molecular weight excluding hydrogens is 554 g/mol. The molecule has 0 aliphatic heterocycles. The van der Waals surface area contributed by atoms with Gasteiger partial charge in [-0.3, -0.25) is 4.79 Å². The Bertz CT molecular complexity index is 1380. The van der Waals surface area contributed by atoms with E-state index < -0.39 is 5.41 Å². The first-order chi connectivity index (χ1) is 18.4. The van der Waals surface area contributed by atoms with Crippen LogP contribution >= 0.6 is 0 Å². The molecule has 0 radical (unpaired) electrons. The highest BCUT2D eigenvalue weighted by atomic mass is 79.9. The van der Waals surface area contributed by atoms with Gasteiger partial charge in [0.05, 0.1) is 12.7 Å². The first-order valence-electron chi connectivity index (χ1n) is 13.1. The standard InChI is InChI=1S/C32H33N3O3.BrH/c1-23-34(22-24-13-15-25(16-14-24)30(36)38-2)19-20-35(23)29-18-17-28(21-29)32(31(33)37,26-9-5-3-6-10-26)27-11-7-4-8-12-27;/h3-16,19-20,28-29H,17-18,21-22H2,1-2H3,(H-,33,37);1H/t28-,29+;/m0./s1. The zero-order chi connectivity index (χ0) is 26.7. The zero-order valence-electron chi connectivity index (χ0n) is 22.3. The van der Waals surface area contributed by atoms with Crippen LogP contribution in [0.25, 0.3) is 0 Å². The van der Waals surface area contributed by atoms with Gasteiger partial charge in [-0.1, -0.05) is 72.8 Å². The summed E-state index contributed by atoms with van der Waals surface area (Å²) in [5.74, 6) is 0.600. The Morgan fingerprint density at radius 2 is 1.54 bits per heavy atom. The number of carbonyl (C=O) groups is 2. The number of benzene rings is 3. The molecule has 3 aromatic carbocycles. The summed E-state index contributed by atoms with van der Waals surface area (Å²) < 4.78 is 9.36. The Kier molecular flexibility index (Phi) is 8.70. The van der Waals surface area contributed by atoms with E-state index in [2.05, 4.69) is 28.5 Å². The van der Waals surface area contributed by atoms with E-state index >= 15 is 0 Å². The minimum Gasteiger partial charge on any atom is -1.00 e. The highest BCUT2D eigenvalue weighted by Gasteiger charge is 2.51. The number of amides is 1. The topological polar surface area (TPSA) is 78.2 Å². The summed E-state index contributed by atoms with van der Waals surface area (Å²) in [6.07, 6.45) is 6.98. The number of nitrogens with two attached hydrogens (primary N) is 1. The molecule has 6 nitrogen and oxygen atoms in total. The maximum Gasteiger partial charge on any atom is 0.337 e. The van der Waals surface area contributed by atoms with Gasteiger partial charge >= 0.3 is 5.97 Å². The van der Waals surface area contributed by atoms with Crippen molar-refractivity contribution in [3.05, 3.63) is 125 Å². The average Bonchev–Trinajstić information content (AvgIpc) is 3.57. The Labute approximate surface area is 240 Å². The number of halogens is 1. The van der Waals surface area contributed by atoms with Crippen molar-refractivity contribution in [3.63, 3.8) is 0 Å². The number of nitrogens with zero attached hydrogens (tertiary/aromatic N) is 2. The molecule has 0 bridgehead atoms. The van der Waals surface area contributed by atoms with E-state index in [9.17, 15) is 9.59 Å². The van der Waals surface area contributed by atoms with Crippen LogP contribution < -0.4 is 27.3 Å². The Balaban J connectivity index is 0.00000353. The first kappa shape index (κ1) is 28.3. The van der Waals surface area contributed by atoms with Crippen LogP contribution in [-0.2, 0) is 21.5 Å². The van der Waals surface area contributed by atoms with Gasteiger partial charge in [-0.2, -0.15) is 0 Å². The summed E-state index contributed by atoms with van der Waals surface area (Å²) in [6.45, 7) is 2.83. The number of rotatable bonds is 8. The molecule has 0 unspecified atom stereocenters. The third kappa shape index (κ3) is 5.28. The lowest BCUT2D eigenvalue weighted by molar-refractivity contribution is -0.694. The van der Waals surface area contributed by atoms with Crippen molar-refractivity contribution < 1.29 is 35.9 Å². The smallest absolute Gasteiger partial charge is 0.337 e. The summed E-state index contributed by atoms with van der Waals surface area (Å²) in [6, 6.07) is 27.8. The van der Waals surface area contributed by atoms with Crippen molar-refractivity contribution in [1.29, 1.82) is 0 Å². The zero-order valence-corrected chi connectivity index (χ0v) is 23.9. The van der Waals surface area contributed by atoms with E-state index in [0.717, 1.165) is 41.8 Å². The van der Waals surface area contributed by atoms with Gasteiger partial charge in [0, 0.05) is 6.92 Å². The van der Waals surface area contributed by atoms with Crippen molar-refractivity contribution in [1.82, 2.24) is 4.57 Å². The molecule has 1 aliphatic rings. The molecule has 39 heavy (non-hydrogen) atoms. The van der Waals surface area contributed by atoms with Gasteiger partial charge in [-0.05, 0) is 54.0 Å². The molecule has 1 aromatic heterocycles. The van der Waals surface area contributed by atoms with Crippen LogP contribution in [0.3, 0.4) is 0 Å².